The number of halogens is 1. The van der Waals surface area contributed by atoms with Gasteiger partial charge in [0.15, 0.2) is 0 Å². The predicted octanol–water partition coefficient (Wildman–Crippen LogP) is 4.08. The van der Waals surface area contributed by atoms with E-state index in [1.165, 1.54) is 0 Å². The molecule has 1 aliphatic rings. The maximum atomic E-state index is 12.4. The van der Waals surface area contributed by atoms with Crippen molar-refractivity contribution in [1.82, 2.24) is 5.32 Å². The number of benzene rings is 3. The van der Waals surface area contributed by atoms with Gasteiger partial charge >= 0.3 is 0 Å². The highest BCUT2D eigenvalue weighted by molar-refractivity contribution is 6.36. The fourth-order valence-electron chi connectivity index (χ4n) is 3.19. The minimum Gasteiger partial charge on any atom is -0.497 e. The molecule has 0 spiro atoms. The fourth-order valence-corrected chi connectivity index (χ4v) is 3.32. The smallest absolute Gasteiger partial charge is 0.275 e. The van der Waals surface area contributed by atoms with E-state index in [4.69, 9.17) is 16.3 Å². The van der Waals surface area contributed by atoms with Crippen molar-refractivity contribution in [3.8, 4) is 5.75 Å². The van der Waals surface area contributed by atoms with Gasteiger partial charge < -0.3 is 15.4 Å². The molecule has 7 nitrogen and oxygen atoms in total. The summed E-state index contributed by atoms with van der Waals surface area (Å²) in [7, 11) is 1.55. The second-order valence-electron chi connectivity index (χ2n) is 6.93. The Morgan fingerprint density at radius 1 is 0.844 bits per heavy atom. The van der Waals surface area contributed by atoms with Gasteiger partial charge in [-0.15, -0.1) is 0 Å². The van der Waals surface area contributed by atoms with E-state index in [1.54, 1.807) is 79.9 Å². The third-order valence-electron chi connectivity index (χ3n) is 4.83. The number of amides is 3. The molecular formula is C24H18ClN3O4. The molecule has 0 aliphatic carbocycles. The van der Waals surface area contributed by atoms with Crippen LogP contribution in [0.2, 0.25) is 5.02 Å². The van der Waals surface area contributed by atoms with Crippen LogP contribution in [0.3, 0.4) is 0 Å². The first kappa shape index (κ1) is 21.1. The standard InChI is InChI=1S/C24H18ClN3O4/c1-32-19-12-4-14(5-13-19)20-21(24(31)28-23(20)30)26-17-8-2-15(3-9-17)22(29)27-18-10-6-16(25)7-11-18/h2-13H,1H3,(H,27,29)(H2,26,28,30,31). The molecule has 8 heteroatoms. The van der Waals surface area contributed by atoms with Crippen LogP contribution in [0.1, 0.15) is 15.9 Å². The molecule has 0 atom stereocenters. The first-order chi connectivity index (χ1) is 15.4. The molecule has 0 bridgehead atoms. The second kappa shape index (κ2) is 8.95. The lowest BCUT2D eigenvalue weighted by molar-refractivity contribution is -0.123. The summed E-state index contributed by atoms with van der Waals surface area (Å²) < 4.78 is 5.14. The van der Waals surface area contributed by atoms with Gasteiger partial charge in [-0.2, -0.15) is 0 Å². The van der Waals surface area contributed by atoms with Crippen molar-refractivity contribution in [3.05, 3.63) is 94.6 Å². The Hall–Kier alpha value is -4.10. The summed E-state index contributed by atoms with van der Waals surface area (Å²) in [6.07, 6.45) is 0. The molecule has 32 heavy (non-hydrogen) atoms. The molecule has 0 unspecified atom stereocenters. The van der Waals surface area contributed by atoms with Crippen LogP contribution < -0.4 is 20.7 Å². The lowest BCUT2D eigenvalue weighted by atomic mass is 10.0. The molecule has 0 saturated heterocycles. The highest BCUT2D eigenvalue weighted by Gasteiger charge is 2.31. The SMILES string of the molecule is COc1ccc(C2=C(Nc3ccc(C(=O)Nc4ccc(Cl)cc4)cc3)C(=O)NC2=O)cc1. The third kappa shape index (κ3) is 4.48. The number of methoxy groups -OCH3 is 1. The molecule has 3 aromatic carbocycles. The third-order valence-corrected chi connectivity index (χ3v) is 5.08. The van der Waals surface area contributed by atoms with Crippen molar-refractivity contribution in [1.29, 1.82) is 0 Å². The second-order valence-corrected chi connectivity index (χ2v) is 7.36. The Labute approximate surface area is 189 Å². The van der Waals surface area contributed by atoms with Crippen molar-refractivity contribution in [3.63, 3.8) is 0 Å². The molecule has 3 amide bonds. The van der Waals surface area contributed by atoms with E-state index in [9.17, 15) is 14.4 Å². The van der Waals surface area contributed by atoms with Gasteiger partial charge in [-0.05, 0) is 66.2 Å². The van der Waals surface area contributed by atoms with Crippen LogP contribution in [0.5, 0.6) is 5.75 Å². The summed E-state index contributed by atoms with van der Waals surface area (Å²) in [5.41, 5.74) is 2.56. The fraction of sp³-hybridized carbons (Fsp3) is 0.0417. The lowest BCUT2D eigenvalue weighted by Crippen LogP contribution is -2.24. The summed E-state index contributed by atoms with van der Waals surface area (Å²) >= 11 is 5.86. The van der Waals surface area contributed by atoms with Gasteiger partial charge in [0, 0.05) is 22.0 Å². The topological polar surface area (TPSA) is 96.5 Å². The number of ether oxygens (including phenoxy) is 1. The predicted molar refractivity (Wildman–Crippen MR) is 123 cm³/mol. The molecule has 1 aliphatic heterocycles. The number of hydrogen-bond donors (Lipinski definition) is 3. The maximum Gasteiger partial charge on any atom is 0.275 e. The first-order valence-corrected chi connectivity index (χ1v) is 10.0. The first-order valence-electron chi connectivity index (χ1n) is 9.63. The van der Waals surface area contributed by atoms with E-state index in [2.05, 4.69) is 16.0 Å². The van der Waals surface area contributed by atoms with E-state index in [1.807, 2.05) is 0 Å². The number of hydrogen-bond acceptors (Lipinski definition) is 5. The molecule has 3 aromatic rings. The zero-order chi connectivity index (χ0) is 22.7. The van der Waals surface area contributed by atoms with E-state index < -0.39 is 11.8 Å². The lowest BCUT2D eigenvalue weighted by Gasteiger charge is -2.10. The van der Waals surface area contributed by atoms with Crippen molar-refractivity contribution in [2.45, 2.75) is 0 Å². The van der Waals surface area contributed by atoms with Gasteiger partial charge in [-0.25, -0.2) is 0 Å². The average molecular weight is 448 g/mol. The molecule has 1 heterocycles. The summed E-state index contributed by atoms with van der Waals surface area (Å²) in [5.74, 6) is -0.654. The highest BCUT2D eigenvalue weighted by Crippen LogP contribution is 2.27. The quantitative estimate of drug-likeness (QED) is 0.495. The van der Waals surface area contributed by atoms with Crippen molar-refractivity contribution in [2.75, 3.05) is 17.7 Å². The maximum absolute atomic E-state index is 12.4. The Morgan fingerprint density at radius 3 is 2.09 bits per heavy atom. The van der Waals surface area contributed by atoms with Gasteiger partial charge in [0.25, 0.3) is 17.7 Å². The monoisotopic (exact) mass is 447 g/mol. The number of imide groups is 1. The van der Waals surface area contributed by atoms with Crippen LogP contribution in [0.25, 0.3) is 5.57 Å². The zero-order valence-corrected chi connectivity index (χ0v) is 17.7. The van der Waals surface area contributed by atoms with Gasteiger partial charge in [0.05, 0.1) is 12.7 Å². The molecule has 0 saturated carbocycles. The minimum atomic E-state index is -0.523. The van der Waals surface area contributed by atoms with E-state index >= 15 is 0 Å². The van der Waals surface area contributed by atoms with Gasteiger partial charge in [-0.1, -0.05) is 23.7 Å². The van der Waals surface area contributed by atoms with E-state index in [0.29, 0.717) is 33.3 Å². The van der Waals surface area contributed by atoms with E-state index in [0.717, 1.165) is 0 Å². The van der Waals surface area contributed by atoms with Crippen molar-refractivity contribution >= 4 is 46.3 Å². The van der Waals surface area contributed by atoms with Crippen LogP contribution >= 0.6 is 11.6 Å². The normalized spacial score (nSPS) is 13.1. The van der Waals surface area contributed by atoms with Crippen LogP contribution in [0.4, 0.5) is 11.4 Å². The van der Waals surface area contributed by atoms with Crippen molar-refractivity contribution < 1.29 is 19.1 Å². The molecule has 4 rings (SSSR count). The highest BCUT2D eigenvalue weighted by atomic mass is 35.5. The largest absolute Gasteiger partial charge is 0.497 e. The van der Waals surface area contributed by atoms with Gasteiger partial charge in [0.1, 0.15) is 11.4 Å². The van der Waals surface area contributed by atoms with Crippen molar-refractivity contribution in [2.24, 2.45) is 0 Å². The zero-order valence-electron chi connectivity index (χ0n) is 16.9. The Morgan fingerprint density at radius 2 is 1.47 bits per heavy atom. The average Bonchev–Trinajstić information content (AvgIpc) is 3.08. The summed E-state index contributed by atoms with van der Waals surface area (Å²) in [5, 5.41) is 8.66. The Kier molecular flexibility index (Phi) is 5.91. The molecule has 0 aromatic heterocycles. The van der Waals surface area contributed by atoms with Crippen LogP contribution in [-0.2, 0) is 9.59 Å². The molecule has 3 N–H and O–H groups in total. The number of carbonyl (C=O) groups excluding carboxylic acids is 3. The van der Waals surface area contributed by atoms with E-state index in [-0.39, 0.29) is 17.2 Å². The molecule has 160 valence electrons. The number of anilines is 2. The number of carbonyl (C=O) groups is 3. The summed E-state index contributed by atoms with van der Waals surface area (Å²) in [4.78, 5) is 37.2. The number of nitrogens with one attached hydrogen (secondary N) is 3. The van der Waals surface area contributed by atoms with Crippen LogP contribution in [0.15, 0.2) is 78.5 Å². The molecular weight excluding hydrogens is 430 g/mol. The molecule has 0 radical (unpaired) electrons. The Balaban J connectivity index is 1.53. The van der Waals surface area contributed by atoms with Crippen LogP contribution in [-0.4, -0.2) is 24.8 Å². The minimum absolute atomic E-state index is 0.138. The summed E-state index contributed by atoms with van der Waals surface area (Å²) in [6.45, 7) is 0. The molecule has 0 fully saturated rings. The number of rotatable bonds is 6. The van der Waals surface area contributed by atoms with Gasteiger partial charge in [0.2, 0.25) is 0 Å². The Bertz CT molecular complexity index is 1220. The van der Waals surface area contributed by atoms with Gasteiger partial charge in [-0.3, -0.25) is 19.7 Å². The summed E-state index contributed by atoms with van der Waals surface area (Å²) in [6, 6.07) is 20.2. The van der Waals surface area contributed by atoms with Crippen LogP contribution in [0, 0.1) is 0 Å².